The Kier molecular flexibility index (Phi) is 4.66. The van der Waals surface area contributed by atoms with Gasteiger partial charge in [-0.05, 0) is 39.2 Å². The molecule has 2 rings (SSSR count). The number of amides is 1. The molecule has 0 radical (unpaired) electrons. The Balaban J connectivity index is 2.02. The molecule has 0 spiro atoms. The number of piperidine rings is 1. The summed E-state index contributed by atoms with van der Waals surface area (Å²) in [5.41, 5.74) is 1.39. The zero-order valence-electron chi connectivity index (χ0n) is 13.0. The maximum atomic E-state index is 12.1. The van der Waals surface area contributed by atoms with E-state index >= 15 is 0 Å². The van der Waals surface area contributed by atoms with Crippen molar-refractivity contribution in [3.05, 3.63) is 35.4 Å². The van der Waals surface area contributed by atoms with Crippen molar-refractivity contribution in [2.75, 3.05) is 13.1 Å². The lowest BCUT2D eigenvalue weighted by molar-refractivity contribution is 0.0198. The Morgan fingerprint density at radius 2 is 1.95 bits per heavy atom. The molecule has 1 heterocycles. The van der Waals surface area contributed by atoms with Gasteiger partial charge in [0.25, 0.3) is 0 Å². The summed E-state index contributed by atoms with van der Waals surface area (Å²) in [7, 11) is 0. The number of likely N-dealkylation sites (tertiary alicyclic amines) is 1. The first-order chi connectivity index (χ1) is 9.89. The molecule has 1 fully saturated rings. The van der Waals surface area contributed by atoms with E-state index in [4.69, 9.17) is 4.74 Å². The minimum atomic E-state index is -0.463. The molecule has 1 aliphatic heterocycles. The number of nitrogens with zero attached hydrogens (tertiary/aromatic N) is 1. The van der Waals surface area contributed by atoms with E-state index < -0.39 is 5.60 Å². The van der Waals surface area contributed by atoms with Gasteiger partial charge in [-0.25, -0.2) is 4.79 Å². The molecule has 0 saturated carbocycles. The van der Waals surface area contributed by atoms with Crippen LogP contribution in [-0.4, -0.2) is 36.0 Å². The third-order valence-electron chi connectivity index (χ3n) is 3.62. The van der Waals surface area contributed by atoms with Gasteiger partial charge in [-0.3, -0.25) is 4.79 Å². The summed E-state index contributed by atoms with van der Waals surface area (Å²) in [4.78, 5) is 24.6. The van der Waals surface area contributed by atoms with E-state index in [0.29, 0.717) is 18.0 Å². The second-order valence-electron chi connectivity index (χ2n) is 6.55. The molecule has 4 nitrogen and oxygen atoms in total. The summed E-state index contributed by atoms with van der Waals surface area (Å²) in [6, 6.07) is 7.61. The van der Waals surface area contributed by atoms with Gasteiger partial charge in [0.05, 0.1) is 0 Å². The average Bonchev–Trinajstić information content (AvgIpc) is 2.46. The molecule has 0 N–H and O–H groups in total. The van der Waals surface area contributed by atoms with E-state index in [0.717, 1.165) is 25.7 Å². The fourth-order valence-electron chi connectivity index (χ4n) is 2.59. The van der Waals surface area contributed by atoms with E-state index in [1.807, 2.05) is 45.0 Å². The van der Waals surface area contributed by atoms with Gasteiger partial charge in [0.2, 0.25) is 0 Å². The number of hydrogen-bond donors (Lipinski definition) is 0. The van der Waals surface area contributed by atoms with E-state index in [2.05, 4.69) is 0 Å². The van der Waals surface area contributed by atoms with Crippen molar-refractivity contribution in [3.63, 3.8) is 0 Å². The Labute approximate surface area is 126 Å². The molecule has 4 heteroatoms. The molecular weight excluding hydrogens is 266 g/mol. The van der Waals surface area contributed by atoms with Crippen LogP contribution in [0.15, 0.2) is 24.3 Å². The SMILES string of the molecule is CC(C)(C)OC(=O)N1CCC[C@H](c2ccc(C=O)cc2)C1. The highest BCUT2D eigenvalue weighted by Crippen LogP contribution is 2.28. The van der Waals surface area contributed by atoms with Crippen LogP contribution in [0.4, 0.5) is 4.79 Å². The smallest absolute Gasteiger partial charge is 0.410 e. The van der Waals surface area contributed by atoms with Crippen molar-refractivity contribution < 1.29 is 14.3 Å². The fourth-order valence-corrected chi connectivity index (χ4v) is 2.59. The Morgan fingerprint density at radius 1 is 1.29 bits per heavy atom. The van der Waals surface area contributed by atoms with Crippen molar-refractivity contribution >= 4 is 12.4 Å². The zero-order valence-corrected chi connectivity index (χ0v) is 13.0. The summed E-state index contributed by atoms with van der Waals surface area (Å²) >= 11 is 0. The summed E-state index contributed by atoms with van der Waals surface area (Å²) in [6.45, 7) is 7.06. The predicted molar refractivity (Wildman–Crippen MR) is 81.6 cm³/mol. The molecule has 114 valence electrons. The topological polar surface area (TPSA) is 46.6 Å². The van der Waals surface area contributed by atoms with Crippen LogP contribution in [0, 0.1) is 0 Å². The molecule has 1 atom stereocenters. The molecule has 1 aromatic carbocycles. The van der Waals surface area contributed by atoms with E-state index in [-0.39, 0.29) is 6.09 Å². The van der Waals surface area contributed by atoms with Gasteiger partial charge in [-0.15, -0.1) is 0 Å². The van der Waals surface area contributed by atoms with Crippen molar-refractivity contribution in [1.29, 1.82) is 0 Å². The lowest BCUT2D eigenvalue weighted by Crippen LogP contribution is -2.42. The maximum absolute atomic E-state index is 12.1. The molecule has 1 amide bonds. The van der Waals surface area contributed by atoms with Crippen LogP contribution < -0.4 is 0 Å². The first-order valence-electron chi connectivity index (χ1n) is 7.42. The average molecular weight is 289 g/mol. The summed E-state index contributed by atoms with van der Waals surface area (Å²) in [5, 5.41) is 0. The van der Waals surface area contributed by atoms with Crippen LogP contribution >= 0.6 is 0 Å². The standard InChI is InChI=1S/C17H23NO3/c1-17(2,3)21-16(20)18-10-4-5-15(11-18)14-8-6-13(12-19)7-9-14/h6-9,12,15H,4-5,10-11H2,1-3H3/t15-/m0/s1. The number of benzene rings is 1. The number of rotatable bonds is 2. The molecule has 1 saturated heterocycles. The molecule has 1 aliphatic rings. The quantitative estimate of drug-likeness (QED) is 0.781. The predicted octanol–water partition coefficient (Wildman–Crippen LogP) is 3.61. The minimum absolute atomic E-state index is 0.239. The van der Waals surface area contributed by atoms with Crippen LogP contribution in [0.25, 0.3) is 0 Å². The summed E-state index contributed by atoms with van der Waals surface area (Å²) in [6.07, 6.45) is 2.63. The molecule has 0 aromatic heterocycles. The minimum Gasteiger partial charge on any atom is -0.444 e. The summed E-state index contributed by atoms with van der Waals surface area (Å²) < 4.78 is 5.44. The molecule has 0 unspecified atom stereocenters. The highest BCUT2D eigenvalue weighted by Gasteiger charge is 2.28. The van der Waals surface area contributed by atoms with Gasteiger partial charge in [0.1, 0.15) is 11.9 Å². The Hall–Kier alpha value is -1.84. The number of carbonyl (C=O) groups excluding carboxylic acids is 2. The Morgan fingerprint density at radius 3 is 2.52 bits per heavy atom. The van der Waals surface area contributed by atoms with E-state index in [1.165, 1.54) is 5.56 Å². The van der Waals surface area contributed by atoms with Gasteiger partial charge in [0.15, 0.2) is 0 Å². The second kappa shape index (κ2) is 6.29. The monoisotopic (exact) mass is 289 g/mol. The highest BCUT2D eigenvalue weighted by molar-refractivity contribution is 5.74. The van der Waals surface area contributed by atoms with Gasteiger partial charge >= 0.3 is 6.09 Å². The van der Waals surface area contributed by atoms with Crippen molar-refractivity contribution in [2.45, 2.75) is 45.1 Å². The van der Waals surface area contributed by atoms with Gasteiger partial charge in [-0.1, -0.05) is 24.3 Å². The van der Waals surface area contributed by atoms with Crippen molar-refractivity contribution in [2.24, 2.45) is 0 Å². The third-order valence-corrected chi connectivity index (χ3v) is 3.62. The number of ether oxygens (including phenoxy) is 1. The van der Waals surface area contributed by atoms with Gasteiger partial charge in [0, 0.05) is 24.6 Å². The zero-order chi connectivity index (χ0) is 15.5. The molecular formula is C17H23NO3. The van der Waals surface area contributed by atoms with Crippen molar-refractivity contribution in [1.82, 2.24) is 4.90 Å². The van der Waals surface area contributed by atoms with E-state index in [9.17, 15) is 9.59 Å². The normalized spacial score (nSPS) is 19.2. The maximum Gasteiger partial charge on any atom is 0.410 e. The molecule has 1 aromatic rings. The van der Waals surface area contributed by atoms with E-state index in [1.54, 1.807) is 4.90 Å². The third kappa shape index (κ3) is 4.31. The van der Waals surface area contributed by atoms with Crippen LogP contribution in [0.2, 0.25) is 0 Å². The van der Waals surface area contributed by atoms with Gasteiger partial charge < -0.3 is 9.64 Å². The first-order valence-corrected chi connectivity index (χ1v) is 7.42. The first kappa shape index (κ1) is 15.5. The Bertz CT molecular complexity index is 502. The van der Waals surface area contributed by atoms with Gasteiger partial charge in [-0.2, -0.15) is 0 Å². The molecule has 0 aliphatic carbocycles. The van der Waals surface area contributed by atoms with Crippen LogP contribution in [-0.2, 0) is 4.74 Å². The highest BCUT2D eigenvalue weighted by atomic mass is 16.6. The fraction of sp³-hybridized carbons (Fsp3) is 0.529. The van der Waals surface area contributed by atoms with Crippen LogP contribution in [0.5, 0.6) is 0 Å². The number of carbonyl (C=O) groups is 2. The van der Waals surface area contributed by atoms with Crippen LogP contribution in [0.3, 0.4) is 0 Å². The lowest BCUT2D eigenvalue weighted by Gasteiger charge is -2.34. The second-order valence-corrected chi connectivity index (χ2v) is 6.55. The molecule has 21 heavy (non-hydrogen) atoms. The number of aldehydes is 1. The largest absolute Gasteiger partial charge is 0.444 e. The molecule has 0 bridgehead atoms. The lowest BCUT2D eigenvalue weighted by atomic mass is 9.90. The number of hydrogen-bond acceptors (Lipinski definition) is 3. The summed E-state index contributed by atoms with van der Waals surface area (Å²) in [5.74, 6) is 0.312. The van der Waals surface area contributed by atoms with Crippen molar-refractivity contribution in [3.8, 4) is 0 Å². The van der Waals surface area contributed by atoms with Crippen LogP contribution in [0.1, 0.15) is 55.5 Å².